The molecule has 5 nitrogen and oxygen atoms in total. The van der Waals surface area contributed by atoms with E-state index in [1.165, 1.54) is 6.20 Å². The Morgan fingerprint density at radius 1 is 1.32 bits per heavy atom. The van der Waals surface area contributed by atoms with Gasteiger partial charge in [0.25, 0.3) is 0 Å². The first-order chi connectivity index (χ1) is 9.15. The Morgan fingerprint density at radius 3 is 2.63 bits per heavy atom. The zero-order valence-corrected chi connectivity index (χ0v) is 10.9. The predicted molar refractivity (Wildman–Crippen MR) is 70.9 cm³/mol. The molecule has 0 atom stereocenters. The molecule has 0 unspecified atom stereocenters. The second-order valence-corrected chi connectivity index (χ2v) is 5.15. The average molecular weight is 264 g/mol. The SMILES string of the molecule is O=C(O)c1ccc(CNCC2CCC(O)CC2)nc1. The van der Waals surface area contributed by atoms with Crippen molar-refractivity contribution in [3.05, 3.63) is 29.6 Å². The molecule has 1 saturated carbocycles. The standard InChI is InChI=1S/C14H20N2O3/c17-13-5-1-10(2-6-13)7-15-9-12-4-3-11(8-16-12)14(18)19/h3-4,8,10,13,15,17H,1-2,5-7,9H2,(H,18,19). The highest BCUT2D eigenvalue weighted by Crippen LogP contribution is 2.23. The first kappa shape index (κ1) is 14.0. The maximum Gasteiger partial charge on any atom is 0.337 e. The monoisotopic (exact) mass is 264 g/mol. The zero-order valence-electron chi connectivity index (χ0n) is 10.9. The Labute approximate surface area is 112 Å². The van der Waals surface area contributed by atoms with Crippen LogP contribution in [0.3, 0.4) is 0 Å². The van der Waals surface area contributed by atoms with Gasteiger partial charge in [-0.1, -0.05) is 0 Å². The summed E-state index contributed by atoms with van der Waals surface area (Å²) in [5.74, 6) is -0.325. The maximum atomic E-state index is 10.7. The highest BCUT2D eigenvalue weighted by atomic mass is 16.4. The number of carboxylic acids is 1. The van der Waals surface area contributed by atoms with Crippen molar-refractivity contribution >= 4 is 5.97 Å². The Bertz CT molecular complexity index is 411. The predicted octanol–water partition coefficient (Wildman–Crippen LogP) is 1.42. The van der Waals surface area contributed by atoms with Gasteiger partial charge in [0, 0.05) is 12.7 Å². The summed E-state index contributed by atoms with van der Waals surface area (Å²) in [6.07, 6.45) is 5.21. The maximum absolute atomic E-state index is 10.7. The van der Waals surface area contributed by atoms with E-state index >= 15 is 0 Å². The van der Waals surface area contributed by atoms with Crippen LogP contribution in [0.4, 0.5) is 0 Å². The number of aromatic nitrogens is 1. The van der Waals surface area contributed by atoms with Crippen molar-refractivity contribution in [2.45, 2.75) is 38.3 Å². The molecule has 5 heteroatoms. The van der Waals surface area contributed by atoms with E-state index in [1.807, 2.05) is 0 Å². The third-order valence-electron chi connectivity index (χ3n) is 3.63. The van der Waals surface area contributed by atoms with Crippen LogP contribution in [0.2, 0.25) is 0 Å². The van der Waals surface area contributed by atoms with Crippen molar-refractivity contribution in [2.75, 3.05) is 6.54 Å². The minimum Gasteiger partial charge on any atom is -0.478 e. The Hall–Kier alpha value is -1.46. The van der Waals surface area contributed by atoms with E-state index in [4.69, 9.17) is 5.11 Å². The molecule has 0 radical (unpaired) electrons. The zero-order chi connectivity index (χ0) is 13.7. The van der Waals surface area contributed by atoms with Crippen molar-refractivity contribution in [1.29, 1.82) is 0 Å². The molecule has 1 heterocycles. The van der Waals surface area contributed by atoms with Gasteiger partial charge in [0.05, 0.1) is 17.4 Å². The van der Waals surface area contributed by atoms with Gasteiger partial charge in [-0.25, -0.2) is 4.79 Å². The Morgan fingerprint density at radius 2 is 2.05 bits per heavy atom. The highest BCUT2D eigenvalue weighted by Gasteiger charge is 2.18. The molecule has 0 bridgehead atoms. The van der Waals surface area contributed by atoms with Crippen LogP contribution in [-0.4, -0.2) is 33.8 Å². The van der Waals surface area contributed by atoms with Gasteiger partial charge in [-0.3, -0.25) is 4.98 Å². The topological polar surface area (TPSA) is 82.5 Å². The van der Waals surface area contributed by atoms with Crippen LogP contribution in [0.25, 0.3) is 0 Å². The number of aromatic carboxylic acids is 1. The molecule has 1 fully saturated rings. The van der Waals surface area contributed by atoms with Gasteiger partial charge in [-0.2, -0.15) is 0 Å². The molecule has 104 valence electrons. The summed E-state index contributed by atoms with van der Waals surface area (Å²) in [6.45, 7) is 1.58. The number of rotatable bonds is 5. The van der Waals surface area contributed by atoms with E-state index in [-0.39, 0.29) is 11.7 Å². The Kier molecular flexibility index (Phi) is 4.87. The summed E-state index contributed by atoms with van der Waals surface area (Å²) >= 11 is 0. The fourth-order valence-electron chi connectivity index (χ4n) is 2.41. The number of nitrogens with zero attached hydrogens (tertiary/aromatic N) is 1. The first-order valence-corrected chi connectivity index (χ1v) is 6.72. The Balaban J connectivity index is 1.72. The fourth-order valence-corrected chi connectivity index (χ4v) is 2.41. The van der Waals surface area contributed by atoms with Gasteiger partial charge in [-0.05, 0) is 50.3 Å². The lowest BCUT2D eigenvalue weighted by Gasteiger charge is -2.25. The van der Waals surface area contributed by atoms with Gasteiger partial charge in [0.15, 0.2) is 0 Å². The van der Waals surface area contributed by atoms with E-state index < -0.39 is 5.97 Å². The summed E-state index contributed by atoms with van der Waals surface area (Å²) in [5, 5.41) is 21.5. The molecule has 1 aromatic heterocycles. The second-order valence-electron chi connectivity index (χ2n) is 5.15. The molecule has 0 saturated heterocycles. The molecule has 2 rings (SSSR count). The number of hydrogen-bond donors (Lipinski definition) is 3. The number of carboxylic acid groups (broad SMARTS) is 1. The number of nitrogens with one attached hydrogen (secondary N) is 1. The number of hydrogen-bond acceptors (Lipinski definition) is 4. The van der Waals surface area contributed by atoms with Crippen LogP contribution < -0.4 is 5.32 Å². The molecule has 1 aliphatic carbocycles. The van der Waals surface area contributed by atoms with Crippen LogP contribution in [0.1, 0.15) is 41.7 Å². The van der Waals surface area contributed by atoms with Crippen molar-refractivity contribution in [3.8, 4) is 0 Å². The lowest BCUT2D eigenvalue weighted by atomic mass is 9.87. The van der Waals surface area contributed by atoms with E-state index in [2.05, 4.69) is 10.3 Å². The van der Waals surface area contributed by atoms with Crippen molar-refractivity contribution in [1.82, 2.24) is 10.3 Å². The number of pyridine rings is 1. The summed E-state index contributed by atoms with van der Waals surface area (Å²) in [5.41, 5.74) is 1.06. The van der Waals surface area contributed by atoms with Gasteiger partial charge < -0.3 is 15.5 Å². The van der Waals surface area contributed by atoms with E-state index in [9.17, 15) is 9.90 Å². The van der Waals surface area contributed by atoms with Gasteiger partial charge in [0.2, 0.25) is 0 Å². The summed E-state index contributed by atoms with van der Waals surface area (Å²) < 4.78 is 0. The van der Waals surface area contributed by atoms with E-state index in [0.29, 0.717) is 12.5 Å². The van der Waals surface area contributed by atoms with Crippen molar-refractivity contribution in [2.24, 2.45) is 5.92 Å². The van der Waals surface area contributed by atoms with E-state index in [0.717, 1.165) is 37.9 Å². The second kappa shape index (κ2) is 6.63. The molecule has 0 spiro atoms. The van der Waals surface area contributed by atoms with Crippen molar-refractivity contribution in [3.63, 3.8) is 0 Å². The van der Waals surface area contributed by atoms with Gasteiger partial charge in [-0.15, -0.1) is 0 Å². The fraction of sp³-hybridized carbons (Fsp3) is 0.571. The molecule has 1 aromatic rings. The minimum atomic E-state index is -0.951. The minimum absolute atomic E-state index is 0.110. The molecular weight excluding hydrogens is 244 g/mol. The molecular formula is C14H20N2O3. The number of aliphatic hydroxyl groups is 1. The first-order valence-electron chi connectivity index (χ1n) is 6.72. The van der Waals surface area contributed by atoms with Crippen LogP contribution in [0.15, 0.2) is 18.3 Å². The van der Waals surface area contributed by atoms with Crippen LogP contribution in [0.5, 0.6) is 0 Å². The molecule has 0 aliphatic heterocycles. The van der Waals surface area contributed by atoms with Crippen LogP contribution in [-0.2, 0) is 6.54 Å². The molecule has 19 heavy (non-hydrogen) atoms. The summed E-state index contributed by atoms with van der Waals surface area (Å²) in [4.78, 5) is 14.8. The molecule has 3 N–H and O–H groups in total. The largest absolute Gasteiger partial charge is 0.478 e. The number of aliphatic hydroxyl groups excluding tert-OH is 1. The third kappa shape index (κ3) is 4.29. The molecule has 0 amide bonds. The normalized spacial score (nSPS) is 23.2. The van der Waals surface area contributed by atoms with E-state index in [1.54, 1.807) is 12.1 Å². The van der Waals surface area contributed by atoms with Crippen molar-refractivity contribution < 1.29 is 15.0 Å². The average Bonchev–Trinajstić information content (AvgIpc) is 2.41. The smallest absolute Gasteiger partial charge is 0.337 e. The molecule has 0 aromatic carbocycles. The lowest BCUT2D eigenvalue weighted by molar-refractivity contribution is 0.0696. The molecule has 1 aliphatic rings. The van der Waals surface area contributed by atoms with Crippen LogP contribution >= 0.6 is 0 Å². The lowest BCUT2D eigenvalue weighted by Crippen LogP contribution is -2.27. The van der Waals surface area contributed by atoms with Crippen LogP contribution in [0, 0.1) is 5.92 Å². The third-order valence-corrected chi connectivity index (χ3v) is 3.63. The van der Waals surface area contributed by atoms with Gasteiger partial charge >= 0.3 is 5.97 Å². The quantitative estimate of drug-likeness (QED) is 0.749. The number of carbonyl (C=O) groups is 1. The summed E-state index contributed by atoms with van der Waals surface area (Å²) in [7, 11) is 0. The highest BCUT2D eigenvalue weighted by molar-refractivity contribution is 5.87. The summed E-state index contributed by atoms with van der Waals surface area (Å²) in [6, 6.07) is 3.31. The van der Waals surface area contributed by atoms with Gasteiger partial charge in [0.1, 0.15) is 0 Å².